The predicted octanol–water partition coefficient (Wildman–Crippen LogP) is 4.30. The third kappa shape index (κ3) is 5.30. The Morgan fingerprint density at radius 1 is 1.26 bits per heavy atom. The number of nitrogens with zero attached hydrogens (tertiary/aromatic N) is 4. The second kappa shape index (κ2) is 9.51. The normalized spacial score (nSPS) is 14.7. The summed E-state index contributed by atoms with van der Waals surface area (Å²) in [6.45, 7) is 0.249. The topological polar surface area (TPSA) is 83.0 Å². The standard InChI is InChI=1S/C19H21FN4O2S/c20-15-7-9-16(10-8-15)24(12-4-11-21)17(25)13-27-19-23-22-18(26-19)14-5-2-1-3-6-14/h7-10,14H,1-6,12-13H2. The zero-order valence-electron chi connectivity index (χ0n) is 14.9. The maximum absolute atomic E-state index is 13.1. The number of carbonyl (C=O) groups is 1. The SMILES string of the molecule is N#CCCN(C(=O)CSc1nnc(C2CCCCC2)o1)c1ccc(F)cc1. The number of aromatic nitrogens is 2. The Morgan fingerprint density at radius 2 is 2.00 bits per heavy atom. The molecule has 0 radical (unpaired) electrons. The van der Waals surface area contributed by atoms with Crippen molar-refractivity contribution in [3.05, 3.63) is 36.0 Å². The van der Waals surface area contributed by atoms with Crippen LogP contribution in [0.3, 0.4) is 0 Å². The average Bonchev–Trinajstić information content (AvgIpc) is 3.18. The Bertz CT molecular complexity index is 797. The number of benzene rings is 1. The van der Waals surface area contributed by atoms with Crippen molar-refractivity contribution in [2.75, 3.05) is 17.2 Å². The molecular formula is C19H21FN4O2S. The molecule has 1 aliphatic carbocycles. The number of carbonyl (C=O) groups excluding carboxylic acids is 1. The van der Waals surface area contributed by atoms with Crippen LogP contribution in [-0.2, 0) is 4.79 Å². The van der Waals surface area contributed by atoms with E-state index in [1.54, 1.807) is 0 Å². The van der Waals surface area contributed by atoms with Gasteiger partial charge in [0.2, 0.25) is 11.8 Å². The number of hydrogen-bond acceptors (Lipinski definition) is 6. The minimum Gasteiger partial charge on any atom is -0.416 e. The summed E-state index contributed by atoms with van der Waals surface area (Å²) in [6, 6.07) is 7.68. The molecular weight excluding hydrogens is 367 g/mol. The van der Waals surface area contributed by atoms with Crippen LogP contribution in [-0.4, -0.2) is 28.4 Å². The molecule has 1 heterocycles. The van der Waals surface area contributed by atoms with Crippen LogP contribution in [0, 0.1) is 17.1 Å². The molecule has 0 N–H and O–H groups in total. The zero-order valence-corrected chi connectivity index (χ0v) is 15.8. The molecule has 8 heteroatoms. The van der Waals surface area contributed by atoms with Crippen LogP contribution in [0.25, 0.3) is 0 Å². The van der Waals surface area contributed by atoms with Crippen molar-refractivity contribution in [3.63, 3.8) is 0 Å². The molecule has 0 unspecified atom stereocenters. The summed E-state index contributed by atoms with van der Waals surface area (Å²) in [7, 11) is 0. The van der Waals surface area contributed by atoms with Gasteiger partial charge in [0.15, 0.2) is 0 Å². The third-order valence-electron chi connectivity index (χ3n) is 4.58. The van der Waals surface area contributed by atoms with Gasteiger partial charge in [0, 0.05) is 18.2 Å². The smallest absolute Gasteiger partial charge is 0.277 e. The molecule has 0 bridgehead atoms. The lowest BCUT2D eigenvalue weighted by Gasteiger charge is -2.21. The van der Waals surface area contributed by atoms with E-state index in [2.05, 4.69) is 10.2 Å². The van der Waals surface area contributed by atoms with Crippen LogP contribution < -0.4 is 4.90 Å². The van der Waals surface area contributed by atoms with Gasteiger partial charge in [-0.3, -0.25) is 4.79 Å². The van der Waals surface area contributed by atoms with E-state index in [1.165, 1.54) is 60.2 Å². The first-order chi connectivity index (χ1) is 13.2. The lowest BCUT2D eigenvalue weighted by molar-refractivity contribution is -0.116. The van der Waals surface area contributed by atoms with Crippen molar-refractivity contribution in [2.45, 2.75) is 49.7 Å². The van der Waals surface area contributed by atoms with Crippen LogP contribution in [0.5, 0.6) is 0 Å². The Hall–Kier alpha value is -2.40. The average molecular weight is 388 g/mol. The number of nitriles is 1. The highest BCUT2D eigenvalue weighted by Crippen LogP contribution is 2.33. The highest BCUT2D eigenvalue weighted by Gasteiger charge is 2.22. The Balaban J connectivity index is 1.61. The van der Waals surface area contributed by atoms with Gasteiger partial charge in [-0.2, -0.15) is 5.26 Å². The Morgan fingerprint density at radius 3 is 2.70 bits per heavy atom. The molecule has 1 aliphatic rings. The fourth-order valence-electron chi connectivity index (χ4n) is 3.18. The first-order valence-corrected chi connectivity index (χ1v) is 10.0. The minimum atomic E-state index is -0.373. The molecule has 0 atom stereocenters. The molecule has 27 heavy (non-hydrogen) atoms. The largest absolute Gasteiger partial charge is 0.416 e. The molecule has 1 aromatic heterocycles. The fourth-order valence-corrected chi connectivity index (χ4v) is 3.82. The Kier molecular flexibility index (Phi) is 6.82. The minimum absolute atomic E-state index is 0.106. The van der Waals surface area contributed by atoms with Gasteiger partial charge in [0.1, 0.15) is 5.82 Å². The number of amides is 1. The van der Waals surface area contributed by atoms with Crippen LogP contribution >= 0.6 is 11.8 Å². The van der Waals surface area contributed by atoms with Crippen LogP contribution in [0.2, 0.25) is 0 Å². The van der Waals surface area contributed by atoms with Crippen molar-refractivity contribution in [1.82, 2.24) is 10.2 Å². The molecule has 1 fully saturated rings. The van der Waals surface area contributed by atoms with E-state index in [0.717, 1.165) is 12.8 Å². The summed E-state index contributed by atoms with van der Waals surface area (Å²) in [5.41, 5.74) is 0.561. The monoisotopic (exact) mass is 388 g/mol. The van der Waals surface area contributed by atoms with E-state index in [9.17, 15) is 9.18 Å². The van der Waals surface area contributed by atoms with Crippen molar-refractivity contribution < 1.29 is 13.6 Å². The first-order valence-electron chi connectivity index (χ1n) is 9.06. The van der Waals surface area contributed by atoms with Crippen LogP contribution in [0.4, 0.5) is 10.1 Å². The summed E-state index contributed by atoms with van der Waals surface area (Å²) in [6.07, 6.45) is 5.94. The van der Waals surface area contributed by atoms with E-state index < -0.39 is 0 Å². The highest BCUT2D eigenvalue weighted by molar-refractivity contribution is 7.99. The molecule has 1 amide bonds. The predicted molar refractivity (Wildman–Crippen MR) is 99.8 cm³/mol. The van der Waals surface area contributed by atoms with E-state index in [4.69, 9.17) is 9.68 Å². The van der Waals surface area contributed by atoms with Gasteiger partial charge in [-0.25, -0.2) is 4.39 Å². The van der Waals surface area contributed by atoms with Gasteiger partial charge in [0.05, 0.1) is 18.2 Å². The quantitative estimate of drug-likeness (QED) is 0.658. The van der Waals surface area contributed by atoms with Gasteiger partial charge in [-0.15, -0.1) is 10.2 Å². The van der Waals surface area contributed by atoms with Crippen molar-refractivity contribution in [3.8, 4) is 6.07 Å². The number of thioether (sulfide) groups is 1. The lowest BCUT2D eigenvalue weighted by atomic mass is 9.89. The summed E-state index contributed by atoms with van der Waals surface area (Å²) in [5, 5.41) is 17.4. The van der Waals surface area contributed by atoms with Crippen molar-refractivity contribution >= 4 is 23.4 Å². The van der Waals surface area contributed by atoms with E-state index in [1.807, 2.05) is 6.07 Å². The van der Waals surface area contributed by atoms with Gasteiger partial charge < -0.3 is 9.32 Å². The summed E-state index contributed by atoms with van der Waals surface area (Å²) in [5.74, 6) is 0.517. The Labute approximate surface area is 161 Å². The fraction of sp³-hybridized carbons (Fsp3) is 0.474. The summed E-state index contributed by atoms with van der Waals surface area (Å²) in [4.78, 5) is 14.1. The lowest BCUT2D eigenvalue weighted by Crippen LogP contribution is -2.33. The van der Waals surface area contributed by atoms with E-state index >= 15 is 0 Å². The molecule has 0 saturated heterocycles. The van der Waals surface area contributed by atoms with Gasteiger partial charge >= 0.3 is 0 Å². The maximum atomic E-state index is 13.1. The molecule has 2 aromatic rings. The van der Waals surface area contributed by atoms with Gasteiger partial charge in [-0.1, -0.05) is 31.0 Å². The highest BCUT2D eigenvalue weighted by atomic mass is 32.2. The maximum Gasteiger partial charge on any atom is 0.277 e. The number of hydrogen-bond donors (Lipinski definition) is 0. The second-order valence-electron chi connectivity index (χ2n) is 6.46. The molecule has 3 rings (SSSR count). The number of halogens is 1. The number of anilines is 1. The molecule has 1 saturated carbocycles. The second-order valence-corrected chi connectivity index (χ2v) is 7.39. The molecule has 142 valence electrons. The van der Waals surface area contributed by atoms with Crippen LogP contribution in [0.15, 0.2) is 33.9 Å². The molecule has 6 nitrogen and oxygen atoms in total. The summed E-state index contributed by atoms with van der Waals surface area (Å²) >= 11 is 1.18. The zero-order chi connectivity index (χ0) is 19.1. The first kappa shape index (κ1) is 19.4. The van der Waals surface area contributed by atoms with Crippen LogP contribution in [0.1, 0.15) is 50.3 Å². The van der Waals surface area contributed by atoms with Crippen molar-refractivity contribution in [1.29, 1.82) is 5.26 Å². The van der Waals surface area contributed by atoms with Gasteiger partial charge in [0.25, 0.3) is 5.22 Å². The van der Waals surface area contributed by atoms with E-state index in [-0.39, 0.29) is 30.4 Å². The third-order valence-corrected chi connectivity index (χ3v) is 5.39. The van der Waals surface area contributed by atoms with Gasteiger partial charge in [-0.05, 0) is 37.1 Å². The molecule has 0 spiro atoms. The molecule has 1 aromatic carbocycles. The van der Waals surface area contributed by atoms with E-state index in [0.29, 0.717) is 22.7 Å². The number of rotatable bonds is 7. The molecule has 0 aliphatic heterocycles. The summed E-state index contributed by atoms with van der Waals surface area (Å²) < 4.78 is 18.9. The van der Waals surface area contributed by atoms with Crippen molar-refractivity contribution in [2.24, 2.45) is 0 Å².